The van der Waals surface area contributed by atoms with Crippen molar-refractivity contribution in [3.05, 3.63) is 34.9 Å². The third-order valence-corrected chi connectivity index (χ3v) is 2.64. The number of halogens is 1. The summed E-state index contributed by atoms with van der Waals surface area (Å²) in [6, 6.07) is 7.42. The van der Waals surface area contributed by atoms with E-state index in [-0.39, 0.29) is 5.91 Å². The van der Waals surface area contributed by atoms with Crippen molar-refractivity contribution in [1.82, 2.24) is 10.6 Å². The second-order valence-corrected chi connectivity index (χ2v) is 4.36. The first-order chi connectivity index (χ1) is 8.72. The Morgan fingerprint density at radius 3 is 2.72 bits per heavy atom. The summed E-state index contributed by atoms with van der Waals surface area (Å²) in [7, 11) is 1.67. The normalized spacial score (nSPS) is 10.3. The van der Waals surface area contributed by atoms with Gasteiger partial charge in [-0.2, -0.15) is 0 Å². The molecule has 18 heavy (non-hydrogen) atoms. The lowest BCUT2D eigenvalue weighted by atomic mass is 10.2. The maximum Gasteiger partial charge on any atom is 0.234 e. The van der Waals surface area contributed by atoms with Crippen LogP contribution in [-0.4, -0.2) is 32.7 Å². The van der Waals surface area contributed by atoms with E-state index in [0.717, 1.165) is 18.5 Å². The first-order valence-corrected chi connectivity index (χ1v) is 6.31. The van der Waals surface area contributed by atoms with E-state index in [2.05, 4.69) is 10.6 Å². The maximum absolute atomic E-state index is 11.5. The lowest BCUT2D eigenvalue weighted by molar-refractivity contribution is -0.120. The molecule has 0 aliphatic heterocycles. The summed E-state index contributed by atoms with van der Waals surface area (Å²) in [5, 5.41) is 6.58. The van der Waals surface area contributed by atoms with Gasteiger partial charge in [0.2, 0.25) is 5.91 Å². The molecule has 0 saturated carbocycles. The molecule has 5 heteroatoms. The molecule has 0 spiro atoms. The highest BCUT2D eigenvalue weighted by Gasteiger charge is 2.00. The molecule has 0 aliphatic rings. The number of amides is 1. The minimum Gasteiger partial charge on any atom is -0.385 e. The Kier molecular flexibility index (Phi) is 7.41. The lowest BCUT2D eigenvalue weighted by Crippen LogP contribution is -2.34. The van der Waals surface area contributed by atoms with Gasteiger partial charge in [0.05, 0.1) is 6.54 Å². The van der Waals surface area contributed by atoms with Crippen molar-refractivity contribution in [1.29, 1.82) is 0 Å². The third-order valence-electron chi connectivity index (χ3n) is 2.39. The van der Waals surface area contributed by atoms with Crippen LogP contribution in [0.4, 0.5) is 0 Å². The average Bonchev–Trinajstić information content (AvgIpc) is 2.38. The summed E-state index contributed by atoms with van der Waals surface area (Å²) < 4.78 is 4.91. The molecule has 0 aliphatic carbocycles. The van der Waals surface area contributed by atoms with E-state index in [1.165, 1.54) is 0 Å². The van der Waals surface area contributed by atoms with Crippen molar-refractivity contribution in [2.45, 2.75) is 13.0 Å². The number of nitrogens with one attached hydrogen (secondary N) is 2. The molecule has 4 nitrogen and oxygen atoms in total. The minimum atomic E-state index is -0.0117. The van der Waals surface area contributed by atoms with Crippen LogP contribution in [0.5, 0.6) is 0 Å². The number of carbonyl (C=O) groups excluding carboxylic acids is 1. The van der Waals surface area contributed by atoms with Gasteiger partial charge in [-0.15, -0.1) is 0 Å². The SMILES string of the molecule is COCCCNCC(=O)NCc1ccc(Cl)cc1. The highest BCUT2D eigenvalue weighted by atomic mass is 35.5. The Morgan fingerprint density at radius 1 is 1.33 bits per heavy atom. The summed E-state index contributed by atoms with van der Waals surface area (Å²) in [6.45, 7) is 2.34. The van der Waals surface area contributed by atoms with Crippen LogP contribution in [0.1, 0.15) is 12.0 Å². The number of hydrogen-bond donors (Lipinski definition) is 2. The Hall–Kier alpha value is -1.10. The van der Waals surface area contributed by atoms with E-state index in [4.69, 9.17) is 16.3 Å². The van der Waals surface area contributed by atoms with Crippen LogP contribution in [0.25, 0.3) is 0 Å². The molecule has 1 aromatic carbocycles. The van der Waals surface area contributed by atoms with Gasteiger partial charge in [0, 0.05) is 25.3 Å². The largest absolute Gasteiger partial charge is 0.385 e. The monoisotopic (exact) mass is 270 g/mol. The van der Waals surface area contributed by atoms with Crippen LogP contribution in [0, 0.1) is 0 Å². The smallest absolute Gasteiger partial charge is 0.234 e. The number of carbonyl (C=O) groups is 1. The predicted molar refractivity (Wildman–Crippen MR) is 72.7 cm³/mol. The standard InChI is InChI=1S/C13H19ClN2O2/c1-18-8-2-7-15-10-13(17)16-9-11-3-5-12(14)6-4-11/h3-6,15H,2,7-10H2,1H3,(H,16,17). The Bertz CT molecular complexity index is 355. The van der Waals surface area contributed by atoms with E-state index in [0.29, 0.717) is 24.7 Å². The van der Waals surface area contributed by atoms with Gasteiger partial charge in [0.25, 0.3) is 0 Å². The molecule has 0 unspecified atom stereocenters. The van der Waals surface area contributed by atoms with Gasteiger partial charge < -0.3 is 15.4 Å². The van der Waals surface area contributed by atoms with E-state index in [1.807, 2.05) is 24.3 Å². The molecular formula is C13H19ClN2O2. The van der Waals surface area contributed by atoms with Gasteiger partial charge in [-0.1, -0.05) is 23.7 Å². The Morgan fingerprint density at radius 2 is 2.06 bits per heavy atom. The number of rotatable bonds is 8. The molecule has 0 radical (unpaired) electrons. The number of methoxy groups -OCH3 is 1. The van der Waals surface area contributed by atoms with Crippen molar-refractivity contribution in [2.75, 3.05) is 26.8 Å². The zero-order chi connectivity index (χ0) is 13.2. The Balaban J connectivity index is 2.11. The van der Waals surface area contributed by atoms with Crippen LogP contribution >= 0.6 is 11.6 Å². The second-order valence-electron chi connectivity index (χ2n) is 3.93. The summed E-state index contributed by atoms with van der Waals surface area (Å²) in [5.41, 5.74) is 1.03. The first-order valence-electron chi connectivity index (χ1n) is 5.93. The van der Waals surface area contributed by atoms with Crippen molar-refractivity contribution in [3.63, 3.8) is 0 Å². The van der Waals surface area contributed by atoms with E-state index < -0.39 is 0 Å². The van der Waals surface area contributed by atoms with Crippen molar-refractivity contribution >= 4 is 17.5 Å². The number of hydrogen-bond acceptors (Lipinski definition) is 3. The maximum atomic E-state index is 11.5. The molecule has 0 aromatic heterocycles. The van der Waals surface area contributed by atoms with Crippen molar-refractivity contribution in [3.8, 4) is 0 Å². The number of ether oxygens (including phenoxy) is 1. The van der Waals surface area contributed by atoms with Crippen molar-refractivity contribution in [2.24, 2.45) is 0 Å². The molecule has 0 fully saturated rings. The summed E-state index contributed by atoms with van der Waals surface area (Å²) in [4.78, 5) is 11.5. The van der Waals surface area contributed by atoms with Crippen LogP contribution in [-0.2, 0) is 16.1 Å². The van der Waals surface area contributed by atoms with Crippen LogP contribution in [0.15, 0.2) is 24.3 Å². The third kappa shape index (κ3) is 6.59. The topological polar surface area (TPSA) is 50.4 Å². The molecule has 1 amide bonds. The molecule has 0 heterocycles. The minimum absolute atomic E-state index is 0.0117. The van der Waals surface area contributed by atoms with Crippen LogP contribution in [0.3, 0.4) is 0 Å². The zero-order valence-corrected chi connectivity index (χ0v) is 11.3. The Labute approximate surface area is 113 Å². The average molecular weight is 271 g/mol. The quantitative estimate of drug-likeness (QED) is 0.705. The van der Waals surface area contributed by atoms with Gasteiger partial charge in [0.1, 0.15) is 0 Å². The van der Waals surface area contributed by atoms with Crippen molar-refractivity contribution < 1.29 is 9.53 Å². The fraction of sp³-hybridized carbons (Fsp3) is 0.462. The molecular weight excluding hydrogens is 252 g/mol. The van der Waals surface area contributed by atoms with Gasteiger partial charge in [-0.3, -0.25) is 4.79 Å². The fourth-order valence-corrected chi connectivity index (χ4v) is 1.53. The predicted octanol–water partition coefficient (Wildman–Crippen LogP) is 1.58. The molecule has 0 atom stereocenters. The summed E-state index contributed by atoms with van der Waals surface area (Å²) >= 11 is 5.78. The van der Waals surface area contributed by atoms with Gasteiger partial charge in [0.15, 0.2) is 0 Å². The van der Waals surface area contributed by atoms with Crippen LogP contribution in [0.2, 0.25) is 5.02 Å². The van der Waals surface area contributed by atoms with Gasteiger partial charge in [-0.05, 0) is 30.7 Å². The molecule has 1 aromatic rings. The van der Waals surface area contributed by atoms with E-state index in [9.17, 15) is 4.79 Å². The fourth-order valence-electron chi connectivity index (χ4n) is 1.41. The van der Waals surface area contributed by atoms with E-state index in [1.54, 1.807) is 7.11 Å². The molecule has 0 saturated heterocycles. The van der Waals surface area contributed by atoms with Crippen LogP contribution < -0.4 is 10.6 Å². The molecule has 0 bridgehead atoms. The molecule has 2 N–H and O–H groups in total. The lowest BCUT2D eigenvalue weighted by Gasteiger charge is -2.06. The van der Waals surface area contributed by atoms with Gasteiger partial charge >= 0.3 is 0 Å². The van der Waals surface area contributed by atoms with E-state index >= 15 is 0 Å². The van der Waals surface area contributed by atoms with Gasteiger partial charge in [-0.25, -0.2) is 0 Å². The highest BCUT2D eigenvalue weighted by molar-refractivity contribution is 6.30. The second kappa shape index (κ2) is 8.91. The molecule has 1 rings (SSSR count). The zero-order valence-electron chi connectivity index (χ0n) is 10.5. The summed E-state index contributed by atoms with van der Waals surface area (Å²) in [5.74, 6) is -0.0117. The molecule has 100 valence electrons. The first kappa shape index (κ1) is 15.0. The highest BCUT2D eigenvalue weighted by Crippen LogP contribution is 2.08. The summed E-state index contributed by atoms with van der Waals surface area (Å²) in [6.07, 6.45) is 0.904. The number of benzene rings is 1.